The summed E-state index contributed by atoms with van der Waals surface area (Å²) >= 11 is 0. The summed E-state index contributed by atoms with van der Waals surface area (Å²) in [5, 5.41) is 12.9. The van der Waals surface area contributed by atoms with E-state index < -0.39 is 0 Å². The van der Waals surface area contributed by atoms with Crippen molar-refractivity contribution in [3.8, 4) is 0 Å². The fourth-order valence-corrected chi connectivity index (χ4v) is 1.03. The van der Waals surface area contributed by atoms with E-state index in [0.717, 1.165) is 5.69 Å². The zero-order valence-electron chi connectivity index (χ0n) is 9.04. The number of aromatic amines is 1. The van der Waals surface area contributed by atoms with Crippen LogP contribution in [0.3, 0.4) is 0 Å². The summed E-state index contributed by atoms with van der Waals surface area (Å²) in [5.74, 6) is 0. The lowest BCUT2D eigenvalue weighted by Gasteiger charge is -2.25. The second kappa shape index (κ2) is 4.57. The standard InChI is InChI=1S/C10H19N3O/c1-10(2,3)9(14)6-11-4-8-5-12-7-13-8/h5,7,9,11,14H,4,6H2,1-3H3,(H,12,13). The van der Waals surface area contributed by atoms with Gasteiger partial charge in [0.15, 0.2) is 0 Å². The second-order valence-electron chi connectivity index (χ2n) is 4.59. The lowest BCUT2D eigenvalue weighted by Crippen LogP contribution is -2.36. The third-order valence-electron chi connectivity index (χ3n) is 2.21. The van der Waals surface area contributed by atoms with E-state index in [0.29, 0.717) is 13.1 Å². The van der Waals surface area contributed by atoms with E-state index in [1.165, 1.54) is 0 Å². The molecule has 0 amide bonds. The first kappa shape index (κ1) is 11.2. The van der Waals surface area contributed by atoms with Crippen molar-refractivity contribution in [3.63, 3.8) is 0 Å². The van der Waals surface area contributed by atoms with Crippen molar-refractivity contribution in [2.45, 2.75) is 33.4 Å². The predicted octanol–water partition coefficient (Wildman–Crippen LogP) is 0.906. The number of nitrogens with zero attached hydrogens (tertiary/aromatic N) is 1. The molecule has 3 N–H and O–H groups in total. The Kier molecular flexibility index (Phi) is 3.66. The van der Waals surface area contributed by atoms with E-state index in [4.69, 9.17) is 0 Å². The average molecular weight is 197 g/mol. The van der Waals surface area contributed by atoms with Crippen LogP contribution in [-0.4, -0.2) is 27.7 Å². The van der Waals surface area contributed by atoms with Crippen LogP contribution in [0.1, 0.15) is 26.5 Å². The Balaban J connectivity index is 2.22. The molecule has 1 aromatic rings. The van der Waals surface area contributed by atoms with Crippen LogP contribution in [0.15, 0.2) is 12.5 Å². The van der Waals surface area contributed by atoms with Gasteiger partial charge in [0.2, 0.25) is 0 Å². The third kappa shape index (κ3) is 3.47. The number of rotatable bonds is 4. The highest BCUT2D eigenvalue weighted by atomic mass is 16.3. The maximum absolute atomic E-state index is 9.73. The Morgan fingerprint density at radius 2 is 2.29 bits per heavy atom. The van der Waals surface area contributed by atoms with Crippen LogP contribution in [0.25, 0.3) is 0 Å². The first-order chi connectivity index (χ1) is 6.50. The molecule has 1 aromatic heterocycles. The molecule has 0 aliphatic rings. The molecular formula is C10H19N3O. The Morgan fingerprint density at radius 1 is 1.57 bits per heavy atom. The predicted molar refractivity (Wildman–Crippen MR) is 55.8 cm³/mol. The van der Waals surface area contributed by atoms with Crippen LogP contribution in [0, 0.1) is 5.41 Å². The van der Waals surface area contributed by atoms with Gasteiger partial charge >= 0.3 is 0 Å². The summed E-state index contributed by atoms with van der Waals surface area (Å²) < 4.78 is 0. The molecule has 1 atom stereocenters. The quantitative estimate of drug-likeness (QED) is 0.672. The maximum Gasteiger partial charge on any atom is 0.0922 e. The molecule has 1 rings (SSSR count). The van der Waals surface area contributed by atoms with E-state index in [1.807, 2.05) is 20.8 Å². The lowest BCUT2D eigenvalue weighted by molar-refractivity contribution is 0.0627. The fraction of sp³-hybridized carbons (Fsp3) is 0.700. The van der Waals surface area contributed by atoms with Gasteiger partial charge in [-0.05, 0) is 5.41 Å². The van der Waals surface area contributed by atoms with Crippen LogP contribution in [0.4, 0.5) is 0 Å². The molecular weight excluding hydrogens is 178 g/mol. The van der Waals surface area contributed by atoms with Crippen molar-refractivity contribution in [3.05, 3.63) is 18.2 Å². The molecule has 0 spiro atoms. The van der Waals surface area contributed by atoms with Gasteiger partial charge in [0.25, 0.3) is 0 Å². The van der Waals surface area contributed by atoms with Gasteiger partial charge in [-0.15, -0.1) is 0 Å². The number of nitrogens with one attached hydrogen (secondary N) is 2. The number of H-pyrrole nitrogens is 1. The fourth-order valence-electron chi connectivity index (χ4n) is 1.03. The normalized spacial score (nSPS) is 14.3. The van der Waals surface area contributed by atoms with Gasteiger partial charge in [0.1, 0.15) is 0 Å². The molecule has 4 nitrogen and oxygen atoms in total. The molecule has 0 radical (unpaired) electrons. The summed E-state index contributed by atoms with van der Waals surface area (Å²) in [5.41, 5.74) is 0.965. The molecule has 0 aliphatic heterocycles. The zero-order valence-corrected chi connectivity index (χ0v) is 9.04. The zero-order chi connectivity index (χ0) is 10.6. The monoisotopic (exact) mass is 197 g/mol. The van der Waals surface area contributed by atoms with Crippen LogP contribution < -0.4 is 5.32 Å². The first-order valence-corrected chi connectivity index (χ1v) is 4.86. The maximum atomic E-state index is 9.73. The van der Waals surface area contributed by atoms with Gasteiger partial charge in [0.05, 0.1) is 12.4 Å². The summed E-state index contributed by atoms with van der Waals surface area (Å²) in [4.78, 5) is 6.91. The van der Waals surface area contributed by atoms with Crippen LogP contribution in [0.2, 0.25) is 0 Å². The lowest BCUT2D eigenvalue weighted by atomic mass is 9.89. The molecule has 14 heavy (non-hydrogen) atoms. The molecule has 0 saturated heterocycles. The van der Waals surface area contributed by atoms with Gasteiger partial charge in [-0.2, -0.15) is 0 Å². The Morgan fingerprint density at radius 3 is 2.79 bits per heavy atom. The Labute approximate surface area is 84.8 Å². The van der Waals surface area contributed by atoms with E-state index in [2.05, 4.69) is 15.3 Å². The third-order valence-corrected chi connectivity index (χ3v) is 2.21. The smallest absolute Gasteiger partial charge is 0.0922 e. The number of hydrogen-bond donors (Lipinski definition) is 3. The topological polar surface area (TPSA) is 60.9 Å². The summed E-state index contributed by atoms with van der Waals surface area (Å²) in [6, 6.07) is 0. The van der Waals surface area contributed by atoms with E-state index >= 15 is 0 Å². The molecule has 4 heteroatoms. The number of imidazole rings is 1. The molecule has 0 saturated carbocycles. The van der Waals surface area contributed by atoms with Crippen molar-refractivity contribution in [2.24, 2.45) is 5.41 Å². The highest BCUT2D eigenvalue weighted by Gasteiger charge is 2.21. The SMILES string of the molecule is CC(C)(C)C(O)CNCc1cnc[nH]1. The first-order valence-electron chi connectivity index (χ1n) is 4.86. The molecule has 80 valence electrons. The molecule has 0 fully saturated rings. The molecule has 0 aromatic carbocycles. The van der Waals surface area contributed by atoms with E-state index in [1.54, 1.807) is 12.5 Å². The summed E-state index contributed by atoms with van der Waals surface area (Å²) in [6.07, 6.45) is 3.10. The minimum Gasteiger partial charge on any atom is -0.391 e. The Hall–Kier alpha value is -0.870. The summed E-state index contributed by atoms with van der Waals surface area (Å²) in [6.45, 7) is 7.39. The van der Waals surface area contributed by atoms with Crippen molar-refractivity contribution >= 4 is 0 Å². The molecule has 0 aliphatic carbocycles. The highest BCUT2D eigenvalue weighted by molar-refractivity contribution is 4.93. The van der Waals surface area contributed by atoms with Crippen molar-refractivity contribution < 1.29 is 5.11 Å². The van der Waals surface area contributed by atoms with Gasteiger partial charge in [-0.25, -0.2) is 4.98 Å². The largest absolute Gasteiger partial charge is 0.391 e. The second-order valence-corrected chi connectivity index (χ2v) is 4.59. The average Bonchev–Trinajstić information content (AvgIpc) is 2.55. The number of aromatic nitrogens is 2. The highest BCUT2D eigenvalue weighted by Crippen LogP contribution is 2.18. The van der Waals surface area contributed by atoms with Crippen LogP contribution in [-0.2, 0) is 6.54 Å². The Bertz CT molecular complexity index is 251. The van der Waals surface area contributed by atoms with Gasteiger partial charge < -0.3 is 15.4 Å². The summed E-state index contributed by atoms with van der Waals surface area (Å²) in [7, 11) is 0. The molecule has 1 heterocycles. The van der Waals surface area contributed by atoms with Gasteiger partial charge in [0, 0.05) is 25.0 Å². The van der Waals surface area contributed by atoms with Crippen LogP contribution >= 0.6 is 0 Å². The minimum absolute atomic E-state index is 0.0685. The van der Waals surface area contributed by atoms with E-state index in [-0.39, 0.29) is 11.5 Å². The van der Waals surface area contributed by atoms with E-state index in [9.17, 15) is 5.11 Å². The number of hydrogen-bond acceptors (Lipinski definition) is 3. The van der Waals surface area contributed by atoms with Crippen molar-refractivity contribution in [1.29, 1.82) is 0 Å². The van der Waals surface area contributed by atoms with Crippen LogP contribution in [0.5, 0.6) is 0 Å². The molecule has 1 unspecified atom stereocenters. The van der Waals surface area contributed by atoms with Gasteiger partial charge in [-0.3, -0.25) is 0 Å². The minimum atomic E-state index is -0.328. The number of aliphatic hydroxyl groups is 1. The van der Waals surface area contributed by atoms with Crippen molar-refractivity contribution in [1.82, 2.24) is 15.3 Å². The van der Waals surface area contributed by atoms with Gasteiger partial charge in [-0.1, -0.05) is 20.8 Å². The number of aliphatic hydroxyl groups excluding tert-OH is 1. The van der Waals surface area contributed by atoms with Crippen molar-refractivity contribution in [2.75, 3.05) is 6.54 Å². The molecule has 0 bridgehead atoms.